The maximum atomic E-state index is 8.86. The summed E-state index contributed by atoms with van der Waals surface area (Å²) in [5.74, 6) is 0. The number of halogens is 1. The lowest BCUT2D eigenvalue weighted by Gasteiger charge is -1.80. The van der Waals surface area contributed by atoms with E-state index >= 15 is 0 Å². The highest BCUT2D eigenvalue weighted by Crippen LogP contribution is 2.03. The Morgan fingerprint density at radius 2 is 1.73 bits per heavy atom. The first kappa shape index (κ1) is 10.3. The van der Waals surface area contributed by atoms with E-state index in [4.69, 9.17) is 21.5 Å². The van der Waals surface area contributed by atoms with Crippen molar-refractivity contribution in [3.05, 3.63) is 35.4 Å². The predicted octanol–water partition coefficient (Wildman–Crippen LogP) is 2.93. The number of thiol groups is 1. The third kappa shape index (κ3) is 9.33. The van der Waals surface area contributed by atoms with Gasteiger partial charge in [-0.3, -0.25) is 0 Å². The molecule has 0 aliphatic heterocycles. The van der Waals surface area contributed by atoms with Crippen molar-refractivity contribution >= 4 is 29.5 Å². The van der Waals surface area contributed by atoms with Crippen molar-refractivity contribution in [2.45, 2.75) is 0 Å². The standard InChI is InChI=1S/C6H5Cl.CH2O2S/c7-6-4-2-1-3-5-6;2-1(3)4/h1-5H;4H,(H,2,3). The average molecular weight is 191 g/mol. The number of rotatable bonds is 0. The molecular formula is C7H7ClO2S. The summed E-state index contributed by atoms with van der Waals surface area (Å²) in [5, 5.41) is 6.94. The molecule has 0 spiro atoms. The molecule has 11 heavy (non-hydrogen) atoms. The molecule has 0 saturated carbocycles. The molecule has 0 fully saturated rings. The van der Waals surface area contributed by atoms with Crippen molar-refractivity contribution in [3.8, 4) is 0 Å². The molecular weight excluding hydrogens is 184 g/mol. The Labute approximate surface area is 75.2 Å². The van der Waals surface area contributed by atoms with Gasteiger partial charge in [0.1, 0.15) is 0 Å². The Bertz CT molecular complexity index is 209. The van der Waals surface area contributed by atoms with Crippen LogP contribution in [0.25, 0.3) is 0 Å². The lowest BCUT2D eigenvalue weighted by Crippen LogP contribution is -1.67. The van der Waals surface area contributed by atoms with E-state index in [2.05, 4.69) is 12.6 Å². The van der Waals surface area contributed by atoms with E-state index < -0.39 is 5.30 Å². The Kier molecular flexibility index (Phi) is 5.70. The first-order chi connectivity index (χ1) is 5.13. The second kappa shape index (κ2) is 6.07. The second-order valence-corrected chi connectivity index (χ2v) is 2.40. The summed E-state index contributed by atoms with van der Waals surface area (Å²) in [6.07, 6.45) is 0. The van der Waals surface area contributed by atoms with Crippen LogP contribution in [0.2, 0.25) is 5.02 Å². The highest BCUT2D eigenvalue weighted by Gasteiger charge is 1.74. The molecule has 1 N–H and O–H groups in total. The van der Waals surface area contributed by atoms with Gasteiger partial charge in [0, 0.05) is 5.02 Å². The van der Waals surface area contributed by atoms with Crippen LogP contribution in [0.3, 0.4) is 0 Å². The fourth-order valence-corrected chi connectivity index (χ4v) is 0.560. The predicted molar refractivity (Wildman–Crippen MR) is 48.5 cm³/mol. The summed E-state index contributed by atoms with van der Waals surface area (Å²) >= 11 is 8.42. The highest BCUT2D eigenvalue weighted by molar-refractivity contribution is 7.96. The van der Waals surface area contributed by atoms with Crippen molar-refractivity contribution in [3.63, 3.8) is 0 Å². The molecule has 0 aromatic heterocycles. The molecule has 0 aliphatic carbocycles. The van der Waals surface area contributed by atoms with Crippen LogP contribution in [0.5, 0.6) is 0 Å². The average Bonchev–Trinajstić information content (AvgIpc) is 1.87. The topological polar surface area (TPSA) is 37.3 Å². The van der Waals surface area contributed by atoms with E-state index in [-0.39, 0.29) is 0 Å². The van der Waals surface area contributed by atoms with Gasteiger partial charge in [-0.2, -0.15) is 0 Å². The lowest BCUT2D eigenvalue weighted by molar-refractivity contribution is 0.222. The Morgan fingerprint density at radius 1 is 1.36 bits per heavy atom. The van der Waals surface area contributed by atoms with Gasteiger partial charge < -0.3 is 5.11 Å². The summed E-state index contributed by atoms with van der Waals surface area (Å²) in [6, 6.07) is 9.44. The molecule has 0 amide bonds. The Morgan fingerprint density at radius 3 is 1.91 bits per heavy atom. The van der Waals surface area contributed by atoms with Gasteiger partial charge >= 0.3 is 5.30 Å². The lowest BCUT2D eigenvalue weighted by atomic mass is 10.4. The molecule has 1 rings (SSSR count). The zero-order valence-electron chi connectivity index (χ0n) is 5.57. The quantitative estimate of drug-likeness (QED) is 0.618. The minimum Gasteiger partial charge on any atom is -0.473 e. The van der Waals surface area contributed by atoms with E-state index in [1.165, 1.54) is 0 Å². The number of carbonyl (C=O) groups is 1. The third-order valence-electron chi connectivity index (χ3n) is 0.733. The van der Waals surface area contributed by atoms with Crippen LogP contribution in [0, 0.1) is 0 Å². The molecule has 0 atom stereocenters. The van der Waals surface area contributed by atoms with Crippen LogP contribution in [0.15, 0.2) is 30.3 Å². The number of benzene rings is 1. The van der Waals surface area contributed by atoms with Crippen molar-refractivity contribution in [2.75, 3.05) is 0 Å². The van der Waals surface area contributed by atoms with Gasteiger partial charge in [-0.15, -0.1) is 0 Å². The SMILES string of the molecule is Clc1ccccc1.O=C(O)S. The monoisotopic (exact) mass is 190 g/mol. The van der Waals surface area contributed by atoms with E-state index in [9.17, 15) is 0 Å². The number of hydrogen-bond acceptors (Lipinski definition) is 1. The molecule has 0 unspecified atom stereocenters. The highest BCUT2D eigenvalue weighted by atomic mass is 35.5. The maximum absolute atomic E-state index is 8.86. The normalized spacial score (nSPS) is 7.82. The number of carboxylic acid groups (broad SMARTS) is 1. The minimum absolute atomic E-state index is 0.794. The van der Waals surface area contributed by atoms with Gasteiger partial charge in [-0.1, -0.05) is 42.4 Å². The van der Waals surface area contributed by atoms with Gasteiger partial charge in [-0.05, 0) is 12.1 Å². The maximum Gasteiger partial charge on any atom is 0.361 e. The number of hydrogen-bond donors (Lipinski definition) is 2. The smallest absolute Gasteiger partial charge is 0.361 e. The van der Waals surface area contributed by atoms with Crippen molar-refractivity contribution < 1.29 is 9.90 Å². The molecule has 4 heteroatoms. The molecule has 0 heterocycles. The van der Waals surface area contributed by atoms with Gasteiger partial charge in [0.2, 0.25) is 0 Å². The molecule has 0 bridgehead atoms. The zero-order chi connectivity index (χ0) is 8.69. The van der Waals surface area contributed by atoms with Crippen molar-refractivity contribution in [2.24, 2.45) is 0 Å². The molecule has 1 aromatic carbocycles. The third-order valence-corrected chi connectivity index (χ3v) is 0.985. The van der Waals surface area contributed by atoms with Gasteiger partial charge in [0.15, 0.2) is 0 Å². The van der Waals surface area contributed by atoms with Gasteiger partial charge in [-0.25, -0.2) is 4.79 Å². The van der Waals surface area contributed by atoms with Crippen LogP contribution >= 0.6 is 24.2 Å². The van der Waals surface area contributed by atoms with Crippen molar-refractivity contribution in [1.82, 2.24) is 0 Å². The van der Waals surface area contributed by atoms with Crippen molar-refractivity contribution in [1.29, 1.82) is 0 Å². The first-order valence-corrected chi connectivity index (χ1v) is 3.58. The fraction of sp³-hybridized carbons (Fsp3) is 0. The van der Waals surface area contributed by atoms with Crippen LogP contribution < -0.4 is 0 Å². The van der Waals surface area contributed by atoms with E-state index in [0.717, 1.165) is 5.02 Å². The molecule has 0 aliphatic rings. The Hall–Kier alpha value is -0.670. The second-order valence-electron chi connectivity index (χ2n) is 1.58. The van der Waals surface area contributed by atoms with Crippen LogP contribution in [-0.4, -0.2) is 10.4 Å². The summed E-state index contributed by atoms with van der Waals surface area (Å²) in [7, 11) is 0. The summed E-state index contributed by atoms with van der Waals surface area (Å²) < 4.78 is 0. The van der Waals surface area contributed by atoms with E-state index in [0.29, 0.717) is 0 Å². The molecule has 0 saturated heterocycles. The van der Waals surface area contributed by atoms with Crippen LogP contribution in [0.1, 0.15) is 0 Å². The molecule has 1 aromatic rings. The summed E-state index contributed by atoms with van der Waals surface area (Å²) in [5.41, 5.74) is 0. The summed E-state index contributed by atoms with van der Waals surface area (Å²) in [4.78, 5) is 8.86. The zero-order valence-corrected chi connectivity index (χ0v) is 7.22. The Balaban J connectivity index is 0.000000218. The van der Waals surface area contributed by atoms with E-state index in [1.54, 1.807) is 0 Å². The van der Waals surface area contributed by atoms with Crippen LogP contribution in [0.4, 0.5) is 4.79 Å². The minimum atomic E-state index is -1.14. The summed E-state index contributed by atoms with van der Waals surface area (Å²) in [6.45, 7) is 0. The van der Waals surface area contributed by atoms with Gasteiger partial charge in [0.25, 0.3) is 0 Å². The van der Waals surface area contributed by atoms with Gasteiger partial charge in [0.05, 0.1) is 0 Å². The van der Waals surface area contributed by atoms with E-state index in [1.807, 2.05) is 30.3 Å². The first-order valence-electron chi connectivity index (χ1n) is 2.75. The largest absolute Gasteiger partial charge is 0.473 e. The fourth-order valence-electron chi connectivity index (χ4n) is 0.415. The molecule has 2 nitrogen and oxygen atoms in total. The molecule has 60 valence electrons. The van der Waals surface area contributed by atoms with Crippen LogP contribution in [-0.2, 0) is 0 Å². The molecule has 0 radical (unpaired) electrons.